The Kier molecular flexibility index (Phi) is 4.90. The van der Waals surface area contributed by atoms with Crippen LogP contribution in [-0.2, 0) is 0 Å². The molecule has 0 aliphatic heterocycles. The van der Waals surface area contributed by atoms with Crippen LogP contribution in [0, 0.1) is 15.9 Å². The second-order valence-electron chi connectivity index (χ2n) is 4.98. The molecular formula is C16H16FN3O3. The van der Waals surface area contributed by atoms with E-state index in [-0.39, 0.29) is 23.1 Å². The van der Waals surface area contributed by atoms with Crippen LogP contribution in [0.2, 0.25) is 0 Å². The Hall–Kier alpha value is -2.96. The van der Waals surface area contributed by atoms with Crippen molar-refractivity contribution in [3.05, 3.63) is 69.5 Å². The smallest absolute Gasteiger partial charge is 0.270 e. The molecule has 1 atom stereocenters. The van der Waals surface area contributed by atoms with Gasteiger partial charge in [0.2, 0.25) is 0 Å². The van der Waals surface area contributed by atoms with E-state index in [9.17, 15) is 19.3 Å². The van der Waals surface area contributed by atoms with Gasteiger partial charge in [-0.3, -0.25) is 14.9 Å². The van der Waals surface area contributed by atoms with Gasteiger partial charge in [-0.25, -0.2) is 4.39 Å². The van der Waals surface area contributed by atoms with Gasteiger partial charge in [-0.1, -0.05) is 12.1 Å². The third-order valence-electron chi connectivity index (χ3n) is 3.45. The van der Waals surface area contributed by atoms with Gasteiger partial charge in [0.25, 0.3) is 11.6 Å². The number of hydrogen-bond donors (Lipinski definition) is 2. The third kappa shape index (κ3) is 3.82. The molecule has 0 saturated carbocycles. The lowest BCUT2D eigenvalue weighted by atomic mass is 10.1. The summed E-state index contributed by atoms with van der Waals surface area (Å²) >= 11 is 0. The molecule has 0 aliphatic carbocycles. The minimum absolute atomic E-state index is 0.163. The van der Waals surface area contributed by atoms with E-state index in [1.54, 1.807) is 26.1 Å². The van der Waals surface area contributed by atoms with Gasteiger partial charge in [-0.05, 0) is 30.7 Å². The lowest BCUT2D eigenvalue weighted by Gasteiger charge is -2.16. The zero-order chi connectivity index (χ0) is 17.0. The lowest BCUT2D eigenvalue weighted by Crippen LogP contribution is -2.27. The monoisotopic (exact) mass is 317 g/mol. The highest BCUT2D eigenvalue weighted by Crippen LogP contribution is 2.23. The van der Waals surface area contributed by atoms with Crippen molar-refractivity contribution in [2.45, 2.75) is 13.0 Å². The number of non-ortho nitro benzene ring substituents is 1. The van der Waals surface area contributed by atoms with Crippen LogP contribution >= 0.6 is 0 Å². The fourth-order valence-corrected chi connectivity index (χ4v) is 2.16. The number of nitro benzene ring substituents is 1. The lowest BCUT2D eigenvalue weighted by molar-refractivity contribution is -0.384. The van der Waals surface area contributed by atoms with Crippen molar-refractivity contribution in [1.29, 1.82) is 0 Å². The molecule has 7 heteroatoms. The van der Waals surface area contributed by atoms with Crippen molar-refractivity contribution >= 4 is 17.3 Å². The van der Waals surface area contributed by atoms with E-state index in [1.807, 2.05) is 0 Å². The quantitative estimate of drug-likeness (QED) is 0.655. The largest absolute Gasteiger partial charge is 0.387 e. The summed E-state index contributed by atoms with van der Waals surface area (Å²) in [6.45, 7) is 1.75. The summed E-state index contributed by atoms with van der Waals surface area (Å²) in [5.41, 5.74) is 1.23. The molecule has 1 unspecified atom stereocenters. The zero-order valence-electron chi connectivity index (χ0n) is 12.7. The fourth-order valence-electron chi connectivity index (χ4n) is 2.16. The van der Waals surface area contributed by atoms with Crippen molar-refractivity contribution in [2.75, 3.05) is 12.4 Å². The normalized spacial score (nSPS) is 11.6. The van der Waals surface area contributed by atoms with Crippen LogP contribution in [0.5, 0.6) is 0 Å². The third-order valence-corrected chi connectivity index (χ3v) is 3.45. The Balaban J connectivity index is 2.24. The molecule has 2 rings (SSSR count). The van der Waals surface area contributed by atoms with Crippen molar-refractivity contribution in [3.8, 4) is 0 Å². The maximum atomic E-state index is 12.9. The van der Waals surface area contributed by atoms with Gasteiger partial charge in [0.15, 0.2) is 0 Å². The summed E-state index contributed by atoms with van der Waals surface area (Å²) in [6, 6.07) is 9.43. The molecule has 120 valence electrons. The van der Waals surface area contributed by atoms with Gasteiger partial charge >= 0.3 is 0 Å². The number of nitro groups is 1. The molecule has 0 radical (unpaired) electrons. The first-order chi connectivity index (χ1) is 10.9. The number of halogens is 1. The minimum Gasteiger partial charge on any atom is -0.387 e. The van der Waals surface area contributed by atoms with Gasteiger partial charge in [-0.15, -0.1) is 0 Å². The number of benzene rings is 2. The number of amides is 1. The Labute approximate surface area is 132 Å². The number of carbonyl (C=O) groups excluding carboxylic acids is 1. The van der Waals surface area contributed by atoms with Crippen molar-refractivity contribution in [2.24, 2.45) is 0 Å². The summed E-state index contributed by atoms with van der Waals surface area (Å²) in [4.78, 5) is 22.7. The van der Waals surface area contributed by atoms with Gasteiger partial charge < -0.3 is 10.6 Å². The van der Waals surface area contributed by atoms with Crippen LogP contribution in [0.3, 0.4) is 0 Å². The van der Waals surface area contributed by atoms with Crippen LogP contribution in [-0.4, -0.2) is 17.9 Å². The van der Waals surface area contributed by atoms with Crippen molar-refractivity contribution < 1.29 is 14.1 Å². The number of anilines is 1. The van der Waals surface area contributed by atoms with Gasteiger partial charge in [0.05, 0.1) is 16.5 Å². The summed E-state index contributed by atoms with van der Waals surface area (Å²) in [5, 5.41) is 16.4. The minimum atomic E-state index is -0.556. The standard InChI is InChI=1S/C16H16FN3O3/c1-10(11-3-5-12(17)6-4-11)19-16(21)14-9-13(20(22)23)7-8-15(14)18-2/h3-10,18H,1-2H3,(H,19,21). The number of carbonyl (C=O) groups is 1. The molecular weight excluding hydrogens is 301 g/mol. The number of rotatable bonds is 5. The Bertz CT molecular complexity index is 732. The first-order valence-electron chi connectivity index (χ1n) is 6.95. The summed E-state index contributed by atoms with van der Waals surface area (Å²) in [7, 11) is 1.63. The van der Waals surface area contributed by atoms with Crippen LogP contribution in [0.4, 0.5) is 15.8 Å². The predicted octanol–water partition coefficient (Wildman–Crippen LogP) is 3.27. The van der Waals surface area contributed by atoms with E-state index in [4.69, 9.17) is 0 Å². The van der Waals surface area contributed by atoms with Gasteiger partial charge in [0.1, 0.15) is 5.82 Å². The summed E-state index contributed by atoms with van der Waals surface area (Å²) in [5.74, 6) is -0.807. The van der Waals surface area contributed by atoms with Crippen LogP contribution < -0.4 is 10.6 Å². The first kappa shape index (κ1) is 16.4. The highest BCUT2D eigenvalue weighted by molar-refractivity contribution is 6.00. The SMILES string of the molecule is CNc1ccc([N+](=O)[O-])cc1C(=O)NC(C)c1ccc(F)cc1. The highest BCUT2D eigenvalue weighted by Gasteiger charge is 2.18. The molecule has 0 heterocycles. The zero-order valence-corrected chi connectivity index (χ0v) is 12.7. The van der Waals surface area contributed by atoms with E-state index in [2.05, 4.69) is 10.6 Å². The molecule has 0 fully saturated rings. The molecule has 2 aromatic carbocycles. The average Bonchev–Trinajstić information content (AvgIpc) is 2.54. The predicted molar refractivity (Wildman–Crippen MR) is 84.9 cm³/mol. The van der Waals surface area contributed by atoms with Crippen LogP contribution in [0.15, 0.2) is 42.5 Å². The van der Waals surface area contributed by atoms with E-state index < -0.39 is 10.8 Å². The maximum Gasteiger partial charge on any atom is 0.270 e. The number of nitrogens with one attached hydrogen (secondary N) is 2. The summed E-state index contributed by atoms with van der Waals surface area (Å²) < 4.78 is 12.9. The molecule has 6 nitrogen and oxygen atoms in total. The molecule has 0 spiro atoms. The van der Waals surface area contributed by atoms with E-state index in [0.29, 0.717) is 5.69 Å². The summed E-state index contributed by atoms with van der Waals surface area (Å²) in [6.07, 6.45) is 0. The maximum absolute atomic E-state index is 12.9. The Morgan fingerprint density at radius 1 is 1.22 bits per heavy atom. The second kappa shape index (κ2) is 6.87. The van der Waals surface area contributed by atoms with Gasteiger partial charge in [0, 0.05) is 24.9 Å². The van der Waals surface area contributed by atoms with E-state index >= 15 is 0 Å². The van der Waals surface area contributed by atoms with Crippen LogP contribution in [0.1, 0.15) is 28.9 Å². The number of nitrogens with zero attached hydrogens (tertiary/aromatic N) is 1. The molecule has 2 aromatic rings. The first-order valence-corrected chi connectivity index (χ1v) is 6.95. The highest BCUT2D eigenvalue weighted by atomic mass is 19.1. The second-order valence-corrected chi connectivity index (χ2v) is 4.98. The molecule has 23 heavy (non-hydrogen) atoms. The topological polar surface area (TPSA) is 84.3 Å². The molecule has 1 amide bonds. The van der Waals surface area contributed by atoms with E-state index in [1.165, 1.54) is 30.3 Å². The van der Waals surface area contributed by atoms with E-state index in [0.717, 1.165) is 5.56 Å². The molecule has 0 aromatic heterocycles. The van der Waals surface area contributed by atoms with Crippen LogP contribution in [0.25, 0.3) is 0 Å². The Morgan fingerprint density at radius 2 is 1.87 bits per heavy atom. The number of hydrogen-bond acceptors (Lipinski definition) is 4. The molecule has 2 N–H and O–H groups in total. The molecule has 0 bridgehead atoms. The molecule has 0 aliphatic rings. The Morgan fingerprint density at radius 3 is 2.43 bits per heavy atom. The van der Waals surface area contributed by atoms with Gasteiger partial charge in [-0.2, -0.15) is 0 Å². The van der Waals surface area contributed by atoms with Crippen molar-refractivity contribution in [1.82, 2.24) is 5.32 Å². The fraction of sp³-hybridized carbons (Fsp3) is 0.188. The molecule has 0 saturated heterocycles. The average molecular weight is 317 g/mol. The van der Waals surface area contributed by atoms with Crippen molar-refractivity contribution in [3.63, 3.8) is 0 Å².